The van der Waals surface area contributed by atoms with Crippen LogP contribution in [0.1, 0.15) is 16.7 Å². The van der Waals surface area contributed by atoms with Gasteiger partial charge in [-0.1, -0.05) is 41.4 Å². The number of carbonyl (C=O) groups is 1. The highest BCUT2D eigenvalue weighted by Crippen LogP contribution is 2.21. The number of hydrogen-bond donors (Lipinski definition) is 1. The van der Waals surface area contributed by atoms with Crippen LogP contribution < -0.4 is 4.90 Å². The maximum Gasteiger partial charge on any atom is 0.323 e. The van der Waals surface area contributed by atoms with Crippen LogP contribution in [0, 0.1) is 13.8 Å². The number of anilines is 1. The Balaban J connectivity index is 2.25. The number of benzene rings is 2. The van der Waals surface area contributed by atoms with Gasteiger partial charge in [0.05, 0.1) is 0 Å². The average Bonchev–Trinajstić information content (AvgIpc) is 2.42. The van der Waals surface area contributed by atoms with Gasteiger partial charge >= 0.3 is 5.97 Å². The third kappa shape index (κ3) is 4.23. The summed E-state index contributed by atoms with van der Waals surface area (Å²) in [5.41, 5.74) is 4.04. The molecule has 0 aliphatic carbocycles. The molecular weight excluding hydrogens is 286 g/mol. The van der Waals surface area contributed by atoms with Crippen molar-refractivity contribution < 1.29 is 9.90 Å². The smallest absolute Gasteiger partial charge is 0.323 e. The van der Waals surface area contributed by atoms with Crippen LogP contribution in [0.3, 0.4) is 0 Å². The fourth-order valence-corrected chi connectivity index (χ4v) is 2.32. The van der Waals surface area contributed by atoms with Crippen LogP contribution >= 0.6 is 11.6 Å². The molecular formula is C17H18ClNO2. The number of nitrogens with zero attached hydrogens (tertiary/aromatic N) is 1. The van der Waals surface area contributed by atoms with E-state index in [-0.39, 0.29) is 6.54 Å². The number of rotatable bonds is 5. The van der Waals surface area contributed by atoms with Gasteiger partial charge in [0.2, 0.25) is 0 Å². The van der Waals surface area contributed by atoms with Gasteiger partial charge in [-0.3, -0.25) is 4.79 Å². The van der Waals surface area contributed by atoms with Crippen molar-refractivity contribution in [3.05, 3.63) is 64.2 Å². The monoisotopic (exact) mass is 303 g/mol. The lowest BCUT2D eigenvalue weighted by molar-refractivity contribution is -0.135. The summed E-state index contributed by atoms with van der Waals surface area (Å²) in [7, 11) is 0. The summed E-state index contributed by atoms with van der Waals surface area (Å²) in [6.45, 7) is 4.41. The second kappa shape index (κ2) is 6.64. The fraction of sp³-hybridized carbons (Fsp3) is 0.235. The molecule has 0 saturated heterocycles. The van der Waals surface area contributed by atoms with E-state index in [2.05, 4.69) is 0 Å². The van der Waals surface area contributed by atoms with Gasteiger partial charge in [0.1, 0.15) is 6.54 Å². The second-order valence-electron chi connectivity index (χ2n) is 5.17. The lowest BCUT2D eigenvalue weighted by atomic mass is 10.1. The molecule has 0 amide bonds. The van der Waals surface area contributed by atoms with Crippen molar-refractivity contribution in [2.75, 3.05) is 11.4 Å². The molecule has 0 bridgehead atoms. The molecule has 0 spiro atoms. The second-order valence-corrected chi connectivity index (χ2v) is 5.58. The van der Waals surface area contributed by atoms with Crippen LogP contribution in [-0.4, -0.2) is 17.6 Å². The molecule has 0 heterocycles. The van der Waals surface area contributed by atoms with E-state index in [0.29, 0.717) is 11.6 Å². The van der Waals surface area contributed by atoms with Crippen LogP contribution in [0.15, 0.2) is 42.5 Å². The third-order valence-electron chi connectivity index (χ3n) is 3.33. The van der Waals surface area contributed by atoms with Crippen molar-refractivity contribution in [1.82, 2.24) is 0 Å². The Bertz CT molecular complexity index is 638. The van der Waals surface area contributed by atoms with Gasteiger partial charge in [-0.05, 0) is 43.2 Å². The minimum absolute atomic E-state index is 0.0471. The van der Waals surface area contributed by atoms with Crippen LogP contribution in [-0.2, 0) is 11.3 Å². The molecule has 21 heavy (non-hydrogen) atoms. The Morgan fingerprint density at radius 2 is 1.81 bits per heavy atom. The molecule has 2 aromatic carbocycles. The van der Waals surface area contributed by atoms with Gasteiger partial charge in [0.25, 0.3) is 0 Å². The lowest BCUT2D eigenvalue weighted by Gasteiger charge is -2.23. The summed E-state index contributed by atoms with van der Waals surface area (Å²) in [6.07, 6.45) is 0. The number of hydrogen-bond acceptors (Lipinski definition) is 2. The Kier molecular flexibility index (Phi) is 4.86. The Labute approximate surface area is 129 Å². The van der Waals surface area contributed by atoms with Crippen LogP contribution in [0.25, 0.3) is 0 Å². The van der Waals surface area contributed by atoms with Gasteiger partial charge < -0.3 is 10.0 Å². The van der Waals surface area contributed by atoms with E-state index >= 15 is 0 Å². The number of aryl methyl sites for hydroxylation is 2. The molecule has 2 aromatic rings. The molecule has 0 aliphatic rings. The molecule has 0 aliphatic heterocycles. The molecule has 0 aromatic heterocycles. The van der Waals surface area contributed by atoms with Gasteiger partial charge in [-0.2, -0.15) is 0 Å². The molecule has 4 heteroatoms. The van der Waals surface area contributed by atoms with E-state index in [9.17, 15) is 4.79 Å². The fourth-order valence-electron chi connectivity index (χ4n) is 2.11. The minimum atomic E-state index is -0.853. The summed E-state index contributed by atoms with van der Waals surface area (Å²) >= 11 is 6.13. The Hall–Kier alpha value is -2.00. The van der Waals surface area contributed by atoms with E-state index < -0.39 is 5.97 Å². The highest BCUT2D eigenvalue weighted by Gasteiger charge is 2.12. The first-order chi connectivity index (χ1) is 9.95. The van der Waals surface area contributed by atoms with Gasteiger partial charge in [-0.15, -0.1) is 0 Å². The molecule has 0 atom stereocenters. The zero-order valence-corrected chi connectivity index (χ0v) is 12.9. The van der Waals surface area contributed by atoms with E-state index in [4.69, 9.17) is 16.7 Å². The van der Waals surface area contributed by atoms with Crippen LogP contribution in [0.4, 0.5) is 5.69 Å². The summed E-state index contributed by atoms with van der Waals surface area (Å²) < 4.78 is 0. The summed E-state index contributed by atoms with van der Waals surface area (Å²) in [4.78, 5) is 12.9. The topological polar surface area (TPSA) is 40.5 Å². The maximum absolute atomic E-state index is 11.1. The molecule has 0 unspecified atom stereocenters. The van der Waals surface area contributed by atoms with Gasteiger partial charge in [-0.25, -0.2) is 0 Å². The number of halogens is 1. The quantitative estimate of drug-likeness (QED) is 0.906. The lowest BCUT2D eigenvalue weighted by Crippen LogP contribution is -2.29. The van der Waals surface area contributed by atoms with Crippen molar-refractivity contribution in [3.63, 3.8) is 0 Å². The molecule has 1 N–H and O–H groups in total. The van der Waals surface area contributed by atoms with E-state index in [0.717, 1.165) is 22.4 Å². The maximum atomic E-state index is 11.1. The average molecular weight is 304 g/mol. The zero-order chi connectivity index (χ0) is 15.4. The molecule has 2 rings (SSSR count). The first-order valence-corrected chi connectivity index (χ1v) is 7.12. The van der Waals surface area contributed by atoms with Crippen molar-refractivity contribution in [2.24, 2.45) is 0 Å². The number of carboxylic acid groups (broad SMARTS) is 1. The van der Waals surface area contributed by atoms with Crippen molar-refractivity contribution in [2.45, 2.75) is 20.4 Å². The highest BCUT2D eigenvalue weighted by atomic mass is 35.5. The summed E-state index contributed by atoms with van der Waals surface area (Å²) in [6, 6.07) is 13.6. The standard InChI is InChI=1S/C17H18ClNO2/c1-12-3-7-15(8-4-12)19(11-17(20)21)10-14-6-5-13(2)16(18)9-14/h3-9H,10-11H2,1-2H3,(H,20,21). The Morgan fingerprint density at radius 1 is 1.14 bits per heavy atom. The molecule has 110 valence electrons. The number of aliphatic carboxylic acids is 1. The summed E-state index contributed by atoms with van der Waals surface area (Å²) in [5.74, 6) is -0.853. The van der Waals surface area contributed by atoms with Crippen molar-refractivity contribution in [1.29, 1.82) is 0 Å². The zero-order valence-electron chi connectivity index (χ0n) is 12.1. The molecule has 0 radical (unpaired) electrons. The summed E-state index contributed by atoms with van der Waals surface area (Å²) in [5, 5.41) is 9.81. The normalized spacial score (nSPS) is 10.4. The van der Waals surface area contributed by atoms with E-state index in [1.807, 2.05) is 61.2 Å². The molecule has 0 fully saturated rings. The van der Waals surface area contributed by atoms with Crippen LogP contribution in [0.2, 0.25) is 5.02 Å². The van der Waals surface area contributed by atoms with Crippen molar-refractivity contribution in [3.8, 4) is 0 Å². The number of carboxylic acids is 1. The van der Waals surface area contributed by atoms with Crippen molar-refractivity contribution >= 4 is 23.3 Å². The predicted octanol–water partition coefficient (Wildman–Crippen LogP) is 4.05. The third-order valence-corrected chi connectivity index (χ3v) is 3.74. The van der Waals surface area contributed by atoms with E-state index in [1.54, 1.807) is 0 Å². The molecule has 3 nitrogen and oxygen atoms in total. The minimum Gasteiger partial charge on any atom is -0.480 e. The van der Waals surface area contributed by atoms with Gasteiger partial charge in [0, 0.05) is 17.3 Å². The molecule has 0 saturated carbocycles. The van der Waals surface area contributed by atoms with E-state index in [1.165, 1.54) is 0 Å². The van der Waals surface area contributed by atoms with Gasteiger partial charge in [0.15, 0.2) is 0 Å². The predicted molar refractivity (Wildman–Crippen MR) is 86.1 cm³/mol. The first kappa shape index (κ1) is 15.4. The highest BCUT2D eigenvalue weighted by molar-refractivity contribution is 6.31. The Morgan fingerprint density at radius 3 is 2.38 bits per heavy atom. The van der Waals surface area contributed by atoms with Crippen LogP contribution in [0.5, 0.6) is 0 Å². The largest absolute Gasteiger partial charge is 0.480 e. The first-order valence-electron chi connectivity index (χ1n) is 6.74. The SMILES string of the molecule is Cc1ccc(N(CC(=O)O)Cc2ccc(C)c(Cl)c2)cc1.